The molecule has 1 aromatic carbocycles. The summed E-state index contributed by atoms with van der Waals surface area (Å²) >= 11 is 1.06. The average molecular weight is 504 g/mol. The molecule has 3 N–H and O–H groups in total. The van der Waals surface area contributed by atoms with Crippen molar-refractivity contribution in [3.8, 4) is 16.3 Å². The molecule has 1 aromatic heterocycles. The lowest BCUT2D eigenvalue weighted by Crippen LogP contribution is -2.36. The van der Waals surface area contributed by atoms with Crippen LogP contribution in [-0.2, 0) is 11.7 Å². The minimum absolute atomic E-state index is 0. The van der Waals surface area contributed by atoms with Crippen LogP contribution in [0.1, 0.15) is 62.9 Å². The third-order valence-electron chi connectivity index (χ3n) is 4.53. The van der Waals surface area contributed by atoms with Crippen LogP contribution in [-0.4, -0.2) is 28.5 Å². The molecule has 31 heavy (non-hydrogen) atoms. The molecule has 0 saturated carbocycles. The predicted octanol–water partition coefficient (Wildman–Crippen LogP) is 5.97. The molecule has 0 aliphatic carbocycles. The number of rotatable bonds is 11. The van der Waals surface area contributed by atoms with E-state index in [2.05, 4.69) is 17.1 Å². The monoisotopic (exact) mass is 503 g/mol. The number of nitrogens with two attached hydrogens (primary N) is 1. The van der Waals surface area contributed by atoms with E-state index in [-0.39, 0.29) is 49.3 Å². The van der Waals surface area contributed by atoms with Gasteiger partial charge in [-0.2, -0.15) is 13.2 Å². The maximum absolute atomic E-state index is 13.5. The Morgan fingerprint density at radius 1 is 1.06 bits per heavy atom. The fraction of sp³-hybridized carbons (Fsp3) is 0.600. The number of aliphatic hydroxyl groups is 1. The van der Waals surface area contributed by atoms with E-state index in [0.717, 1.165) is 49.5 Å². The molecule has 0 saturated heterocycles. The van der Waals surface area contributed by atoms with Gasteiger partial charge in [0.05, 0.1) is 24.3 Å². The number of halogens is 5. The van der Waals surface area contributed by atoms with Crippen LogP contribution in [0.4, 0.5) is 13.2 Å². The summed E-state index contributed by atoms with van der Waals surface area (Å²) in [6, 6.07) is 3.88. The fourth-order valence-corrected chi connectivity index (χ4v) is 3.60. The summed E-state index contributed by atoms with van der Waals surface area (Å²) in [7, 11) is 0. The van der Waals surface area contributed by atoms with Crippen molar-refractivity contribution in [2.75, 3.05) is 13.2 Å². The van der Waals surface area contributed by atoms with Crippen molar-refractivity contribution in [2.45, 2.75) is 64.1 Å². The summed E-state index contributed by atoms with van der Waals surface area (Å²) in [5, 5.41) is 17.8. The quantitative estimate of drug-likeness (QED) is 0.369. The van der Waals surface area contributed by atoms with Gasteiger partial charge in [-0.15, -0.1) is 35.0 Å². The summed E-state index contributed by atoms with van der Waals surface area (Å²) in [5.41, 5.74) is 4.26. The molecular formula is C20H30Cl2F3N3O2S. The van der Waals surface area contributed by atoms with Crippen LogP contribution in [0, 0.1) is 0 Å². The topological polar surface area (TPSA) is 81.3 Å². The highest BCUT2D eigenvalue weighted by Gasteiger charge is 2.35. The fourth-order valence-electron chi connectivity index (χ4n) is 2.71. The van der Waals surface area contributed by atoms with Gasteiger partial charge in [0, 0.05) is 5.56 Å². The third-order valence-corrected chi connectivity index (χ3v) is 5.78. The number of unbranched alkanes of at least 4 members (excludes halogenated alkanes) is 5. The first-order valence-electron chi connectivity index (χ1n) is 9.77. The number of nitrogens with zero attached hydrogens (tertiary/aromatic N) is 2. The number of alkyl halides is 3. The molecule has 1 heterocycles. The second-order valence-corrected chi connectivity index (χ2v) is 8.29. The zero-order chi connectivity index (χ0) is 21.5. The number of benzene rings is 1. The maximum Gasteiger partial charge on any atom is 0.419 e. The Kier molecular flexibility index (Phi) is 12.9. The Hall–Kier alpha value is -1.13. The molecule has 1 atom stereocenters. The third kappa shape index (κ3) is 8.73. The molecule has 5 nitrogen and oxygen atoms in total. The van der Waals surface area contributed by atoms with Crippen LogP contribution in [0.2, 0.25) is 0 Å². The van der Waals surface area contributed by atoms with E-state index in [1.54, 1.807) is 6.92 Å². The van der Waals surface area contributed by atoms with Gasteiger partial charge >= 0.3 is 6.18 Å². The molecule has 0 spiro atoms. The number of aliphatic hydroxyl groups excluding tert-OH is 1. The van der Waals surface area contributed by atoms with Gasteiger partial charge in [0.1, 0.15) is 15.8 Å². The van der Waals surface area contributed by atoms with Crippen molar-refractivity contribution >= 4 is 36.2 Å². The zero-order valence-electron chi connectivity index (χ0n) is 17.6. The van der Waals surface area contributed by atoms with Crippen LogP contribution >= 0.6 is 36.2 Å². The molecule has 0 aliphatic heterocycles. The van der Waals surface area contributed by atoms with Crippen LogP contribution in [0.15, 0.2) is 18.2 Å². The normalized spacial score (nSPS) is 13.1. The summed E-state index contributed by atoms with van der Waals surface area (Å²) in [6.45, 7) is 3.62. The second-order valence-electron chi connectivity index (χ2n) is 7.31. The van der Waals surface area contributed by atoms with Crippen LogP contribution < -0.4 is 10.5 Å². The van der Waals surface area contributed by atoms with Crippen molar-refractivity contribution < 1.29 is 23.0 Å². The molecule has 2 aromatic rings. The number of hydrogen-bond donors (Lipinski definition) is 2. The SMILES string of the molecule is CCCCCCCCOc1ccc(-c2nnc([C@@](C)(N)CO)s2)cc1C(F)(F)F.Cl.Cl. The van der Waals surface area contributed by atoms with E-state index in [9.17, 15) is 18.3 Å². The van der Waals surface area contributed by atoms with Crippen LogP contribution in [0.5, 0.6) is 5.75 Å². The Labute approximate surface area is 197 Å². The first kappa shape index (κ1) is 29.9. The summed E-state index contributed by atoms with van der Waals surface area (Å²) < 4.78 is 46.1. The van der Waals surface area contributed by atoms with E-state index in [1.807, 2.05) is 0 Å². The van der Waals surface area contributed by atoms with Gasteiger partial charge in [-0.05, 0) is 31.5 Å². The lowest BCUT2D eigenvalue weighted by molar-refractivity contribution is -0.138. The lowest BCUT2D eigenvalue weighted by atomic mass is 10.1. The highest BCUT2D eigenvalue weighted by atomic mass is 35.5. The summed E-state index contributed by atoms with van der Waals surface area (Å²) in [4.78, 5) is 0. The smallest absolute Gasteiger partial charge is 0.419 e. The standard InChI is InChI=1S/C20H28F3N3O2S.2ClH/c1-3-4-5-6-7-8-11-28-16-10-9-14(12-15(16)20(21,22)23)17-25-26-18(29-17)19(2,24)13-27;;/h9-10,12,27H,3-8,11,13,24H2,1-2H3;2*1H/t19-;;/m0../s1. The number of ether oxygens (including phenoxy) is 1. The molecule has 0 bridgehead atoms. The molecule has 11 heteroatoms. The van der Waals surface area contributed by atoms with E-state index in [1.165, 1.54) is 18.6 Å². The minimum Gasteiger partial charge on any atom is -0.493 e. The minimum atomic E-state index is -4.55. The van der Waals surface area contributed by atoms with Gasteiger partial charge in [0.2, 0.25) is 0 Å². The largest absolute Gasteiger partial charge is 0.493 e. The van der Waals surface area contributed by atoms with Crippen molar-refractivity contribution in [1.29, 1.82) is 0 Å². The van der Waals surface area contributed by atoms with Gasteiger partial charge in [-0.1, -0.05) is 50.4 Å². The molecule has 0 radical (unpaired) electrons. The predicted molar refractivity (Wildman–Crippen MR) is 122 cm³/mol. The van der Waals surface area contributed by atoms with Gasteiger partial charge in [-0.3, -0.25) is 0 Å². The van der Waals surface area contributed by atoms with Gasteiger partial charge < -0.3 is 15.6 Å². The Bertz CT molecular complexity index is 789. The number of hydrogen-bond acceptors (Lipinski definition) is 6. The lowest BCUT2D eigenvalue weighted by Gasteiger charge is -2.17. The van der Waals surface area contributed by atoms with Crippen molar-refractivity contribution in [1.82, 2.24) is 10.2 Å². The Balaban J connectivity index is 0.00000450. The van der Waals surface area contributed by atoms with Gasteiger partial charge in [0.15, 0.2) is 0 Å². The zero-order valence-corrected chi connectivity index (χ0v) is 20.0. The molecule has 0 aliphatic rings. The molecule has 2 rings (SSSR count). The molecular weight excluding hydrogens is 474 g/mol. The van der Waals surface area contributed by atoms with E-state index in [4.69, 9.17) is 10.5 Å². The van der Waals surface area contributed by atoms with Crippen molar-refractivity contribution in [3.05, 3.63) is 28.8 Å². The van der Waals surface area contributed by atoms with Crippen molar-refractivity contribution in [3.63, 3.8) is 0 Å². The van der Waals surface area contributed by atoms with Crippen molar-refractivity contribution in [2.24, 2.45) is 5.73 Å². The Morgan fingerprint density at radius 2 is 1.71 bits per heavy atom. The maximum atomic E-state index is 13.5. The van der Waals surface area contributed by atoms with Crippen LogP contribution in [0.3, 0.4) is 0 Å². The Morgan fingerprint density at radius 3 is 2.32 bits per heavy atom. The van der Waals surface area contributed by atoms with Gasteiger partial charge in [0.25, 0.3) is 0 Å². The summed E-state index contributed by atoms with van der Waals surface area (Å²) in [6.07, 6.45) is 1.65. The average Bonchev–Trinajstić information content (AvgIpc) is 3.18. The molecule has 178 valence electrons. The molecule has 0 amide bonds. The second kappa shape index (κ2) is 13.4. The van der Waals surface area contributed by atoms with Gasteiger partial charge in [-0.25, -0.2) is 0 Å². The van der Waals surface area contributed by atoms with E-state index in [0.29, 0.717) is 10.0 Å². The van der Waals surface area contributed by atoms with E-state index < -0.39 is 17.3 Å². The number of aromatic nitrogens is 2. The summed E-state index contributed by atoms with van der Waals surface area (Å²) in [5.74, 6) is -0.182. The van der Waals surface area contributed by atoms with E-state index >= 15 is 0 Å². The first-order chi connectivity index (χ1) is 13.7. The molecule has 0 unspecified atom stereocenters. The molecule has 0 fully saturated rings. The first-order valence-corrected chi connectivity index (χ1v) is 10.6. The highest BCUT2D eigenvalue weighted by Crippen LogP contribution is 2.39. The van der Waals surface area contributed by atoms with Crippen LogP contribution in [0.25, 0.3) is 10.6 Å². The highest BCUT2D eigenvalue weighted by molar-refractivity contribution is 7.14.